The number of aromatic nitrogens is 1. The van der Waals surface area contributed by atoms with E-state index in [1.54, 1.807) is 0 Å². The third-order valence-corrected chi connectivity index (χ3v) is 4.00. The molecule has 0 spiro atoms. The molecule has 0 aliphatic carbocycles. The van der Waals surface area contributed by atoms with Crippen LogP contribution >= 0.6 is 33.9 Å². The summed E-state index contributed by atoms with van der Waals surface area (Å²) in [6.07, 6.45) is 0. The van der Waals surface area contributed by atoms with Gasteiger partial charge in [-0.05, 0) is 41.6 Å². The van der Waals surface area contributed by atoms with Gasteiger partial charge in [-0.15, -0.1) is 0 Å². The summed E-state index contributed by atoms with van der Waals surface area (Å²) in [7, 11) is 0. The van der Waals surface area contributed by atoms with E-state index in [9.17, 15) is 4.79 Å². The van der Waals surface area contributed by atoms with Gasteiger partial charge in [-0.1, -0.05) is 23.5 Å². The molecule has 0 saturated heterocycles. The van der Waals surface area contributed by atoms with E-state index in [-0.39, 0.29) is 0 Å². The average molecular weight is 373 g/mol. The van der Waals surface area contributed by atoms with Crippen molar-refractivity contribution in [3.63, 3.8) is 0 Å². The van der Waals surface area contributed by atoms with Crippen LogP contribution in [0.3, 0.4) is 0 Å². The fourth-order valence-corrected chi connectivity index (χ4v) is 3.09. The van der Waals surface area contributed by atoms with E-state index in [2.05, 4.69) is 32.9 Å². The number of nitrogens with zero attached hydrogens (tertiary/aromatic N) is 1. The number of halogens is 1. The Labute approximate surface area is 123 Å². The molecule has 1 amide bonds. The van der Waals surface area contributed by atoms with E-state index in [0.29, 0.717) is 5.69 Å². The van der Waals surface area contributed by atoms with Crippen LogP contribution in [0.15, 0.2) is 24.3 Å². The minimum Gasteiger partial charge on any atom is -0.375 e. The second-order valence-corrected chi connectivity index (χ2v) is 5.85. The van der Waals surface area contributed by atoms with Crippen LogP contribution < -0.4 is 11.1 Å². The maximum absolute atomic E-state index is 11.3. The normalized spacial score (nSPS) is 10.3. The average Bonchev–Trinajstić information content (AvgIpc) is 2.74. The van der Waals surface area contributed by atoms with Crippen molar-refractivity contribution in [1.82, 2.24) is 4.98 Å². The highest BCUT2D eigenvalue weighted by molar-refractivity contribution is 14.1. The third-order valence-electron chi connectivity index (χ3n) is 2.27. The summed E-state index contributed by atoms with van der Waals surface area (Å²) >= 11 is 3.70. The molecule has 0 atom stereocenters. The number of thiazole rings is 1. The minimum absolute atomic E-state index is 0.315. The molecule has 0 bridgehead atoms. The minimum atomic E-state index is -0.501. The number of benzene rings is 1. The molecule has 0 saturated carbocycles. The SMILES string of the molecule is CCNc1sc(-c2cccc(I)c2)nc1C(N)=O. The monoisotopic (exact) mass is 373 g/mol. The molecule has 4 nitrogen and oxygen atoms in total. The number of hydrogen-bond acceptors (Lipinski definition) is 4. The Morgan fingerprint density at radius 2 is 2.33 bits per heavy atom. The number of nitrogens with two attached hydrogens (primary N) is 1. The summed E-state index contributed by atoms with van der Waals surface area (Å²) in [6, 6.07) is 7.98. The highest BCUT2D eigenvalue weighted by Gasteiger charge is 2.16. The van der Waals surface area contributed by atoms with E-state index in [4.69, 9.17) is 5.73 Å². The zero-order valence-electron chi connectivity index (χ0n) is 9.74. The molecule has 0 aliphatic heterocycles. The molecule has 1 heterocycles. The Morgan fingerprint density at radius 3 is 2.94 bits per heavy atom. The molecule has 94 valence electrons. The van der Waals surface area contributed by atoms with Crippen LogP contribution in [0, 0.1) is 3.57 Å². The van der Waals surface area contributed by atoms with E-state index in [0.717, 1.165) is 25.7 Å². The van der Waals surface area contributed by atoms with Gasteiger partial charge in [0.25, 0.3) is 5.91 Å². The Hall–Kier alpha value is -1.15. The fraction of sp³-hybridized carbons (Fsp3) is 0.167. The molecular weight excluding hydrogens is 361 g/mol. The first-order valence-electron chi connectivity index (χ1n) is 5.42. The molecule has 3 N–H and O–H groups in total. The molecule has 1 aromatic heterocycles. The summed E-state index contributed by atoms with van der Waals surface area (Å²) in [5.74, 6) is -0.501. The zero-order chi connectivity index (χ0) is 13.1. The second-order valence-electron chi connectivity index (χ2n) is 3.60. The van der Waals surface area contributed by atoms with Crippen LogP contribution in [0.2, 0.25) is 0 Å². The number of amides is 1. The Morgan fingerprint density at radius 1 is 1.56 bits per heavy atom. The first-order chi connectivity index (χ1) is 8.61. The summed E-state index contributed by atoms with van der Waals surface area (Å²) in [5, 5.41) is 4.65. The summed E-state index contributed by atoms with van der Waals surface area (Å²) < 4.78 is 1.13. The predicted molar refractivity (Wildman–Crippen MR) is 82.9 cm³/mol. The maximum atomic E-state index is 11.3. The Bertz CT molecular complexity index is 582. The summed E-state index contributed by atoms with van der Waals surface area (Å²) in [4.78, 5) is 15.7. The van der Waals surface area contributed by atoms with E-state index < -0.39 is 5.91 Å². The van der Waals surface area contributed by atoms with Gasteiger partial charge in [0.2, 0.25) is 0 Å². The molecule has 0 unspecified atom stereocenters. The lowest BCUT2D eigenvalue weighted by molar-refractivity contribution is 0.0997. The van der Waals surface area contributed by atoms with Crippen LogP contribution in [0.4, 0.5) is 5.00 Å². The molecule has 2 rings (SSSR count). The molecule has 0 radical (unpaired) electrons. The van der Waals surface area contributed by atoms with Crippen molar-refractivity contribution in [2.75, 3.05) is 11.9 Å². The van der Waals surface area contributed by atoms with Crippen molar-refractivity contribution >= 4 is 44.8 Å². The zero-order valence-corrected chi connectivity index (χ0v) is 12.7. The molecule has 0 fully saturated rings. The van der Waals surface area contributed by atoms with Gasteiger partial charge in [0.05, 0.1) is 0 Å². The van der Waals surface area contributed by atoms with Gasteiger partial charge < -0.3 is 11.1 Å². The second kappa shape index (κ2) is 5.66. The van der Waals surface area contributed by atoms with Gasteiger partial charge in [-0.3, -0.25) is 4.79 Å². The number of primary amides is 1. The molecule has 0 aliphatic rings. The predicted octanol–water partition coefficient (Wildman–Crippen LogP) is 2.95. The van der Waals surface area contributed by atoms with Gasteiger partial charge in [-0.25, -0.2) is 4.98 Å². The number of nitrogens with one attached hydrogen (secondary N) is 1. The van der Waals surface area contributed by atoms with Crippen molar-refractivity contribution in [1.29, 1.82) is 0 Å². The Kier molecular flexibility index (Phi) is 4.18. The van der Waals surface area contributed by atoms with Gasteiger partial charge in [-0.2, -0.15) is 0 Å². The van der Waals surface area contributed by atoms with Gasteiger partial charge >= 0.3 is 0 Å². The van der Waals surface area contributed by atoms with Crippen molar-refractivity contribution in [3.05, 3.63) is 33.5 Å². The number of hydrogen-bond donors (Lipinski definition) is 2. The quantitative estimate of drug-likeness (QED) is 0.810. The van der Waals surface area contributed by atoms with Crippen LogP contribution in [-0.2, 0) is 0 Å². The van der Waals surface area contributed by atoms with E-state index >= 15 is 0 Å². The number of rotatable bonds is 4. The lowest BCUT2D eigenvalue weighted by Gasteiger charge is -1.98. The van der Waals surface area contributed by atoms with Crippen molar-refractivity contribution < 1.29 is 4.79 Å². The molecule has 18 heavy (non-hydrogen) atoms. The molecular formula is C12H12IN3OS. The van der Waals surface area contributed by atoms with Crippen LogP contribution in [0.25, 0.3) is 10.6 Å². The summed E-state index contributed by atoms with van der Waals surface area (Å²) in [5.41, 5.74) is 6.64. The number of carbonyl (C=O) groups excluding carboxylic acids is 1. The van der Waals surface area contributed by atoms with Crippen LogP contribution in [0.5, 0.6) is 0 Å². The fourth-order valence-electron chi connectivity index (χ4n) is 1.51. The number of anilines is 1. The lowest BCUT2D eigenvalue weighted by atomic mass is 10.2. The smallest absolute Gasteiger partial charge is 0.270 e. The standard InChI is InChI=1S/C12H12IN3OS/c1-2-15-12-9(10(14)17)16-11(18-12)7-4-3-5-8(13)6-7/h3-6,15H,2H2,1H3,(H2,14,17). The lowest BCUT2D eigenvalue weighted by Crippen LogP contribution is -2.13. The maximum Gasteiger partial charge on any atom is 0.270 e. The van der Waals surface area contributed by atoms with Crippen LogP contribution in [-0.4, -0.2) is 17.4 Å². The summed E-state index contributed by atoms with van der Waals surface area (Å²) in [6.45, 7) is 2.70. The van der Waals surface area contributed by atoms with Crippen LogP contribution in [0.1, 0.15) is 17.4 Å². The van der Waals surface area contributed by atoms with Crippen molar-refractivity contribution in [3.8, 4) is 10.6 Å². The van der Waals surface area contributed by atoms with E-state index in [1.165, 1.54) is 11.3 Å². The Balaban J connectivity index is 2.46. The highest BCUT2D eigenvalue weighted by Crippen LogP contribution is 2.32. The van der Waals surface area contributed by atoms with E-state index in [1.807, 2.05) is 31.2 Å². The molecule has 2 aromatic rings. The topological polar surface area (TPSA) is 68.0 Å². The van der Waals surface area contributed by atoms with Gasteiger partial charge in [0.1, 0.15) is 10.0 Å². The first-order valence-corrected chi connectivity index (χ1v) is 7.31. The largest absolute Gasteiger partial charge is 0.375 e. The highest BCUT2D eigenvalue weighted by atomic mass is 127. The molecule has 1 aromatic carbocycles. The van der Waals surface area contributed by atoms with Crippen molar-refractivity contribution in [2.45, 2.75) is 6.92 Å². The third kappa shape index (κ3) is 2.81. The van der Waals surface area contributed by atoms with Gasteiger partial charge in [0.15, 0.2) is 5.69 Å². The molecule has 6 heteroatoms. The van der Waals surface area contributed by atoms with Gasteiger partial charge in [0, 0.05) is 15.7 Å². The first kappa shape index (κ1) is 13.3. The number of carbonyl (C=O) groups is 1. The van der Waals surface area contributed by atoms with Crippen molar-refractivity contribution in [2.24, 2.45) is 5.73 Å².